The summed E-state index contributed by atoms with van der Waals surface area (Å²) in [6, 6.07) is 20.9. The summed E-state index contributed by atoms with van der Waals surface area (Å²) >= 11 is 12.2. The van der Waals surface area contributed by atoms with Gasteiger partial charge in [0.05, 0.1) is 18.2 Å². The minimum atomic E-state index is -1.10. The van der Waals surface area contributed by atoms with Crippen molar-refractivity contribution in [1.29, 1.82) is 0 Å². The highest BCUT2D eigenvalue weighted by Gasteiger charge is 2.33. The Kier molecular flexibility index (Phi) is 6.65. The summed E-state index contributed by atoms with van der Waals surface area (Å²) in [6.45, 7) is 2.43. The van der Waals surface area contributed by atoms with Gasteiger partial charge in [0.2, 0.25) is 0 Å². The van der Waals surface area contributed by atoms with Crippen molar-refractivity contribution in [3.8, 4) is 5.75 Å². The number of nitrogens with one attached hydrogen (secondary N) is 1. The van der Waals surface area contributed by atoms with Crippen molar-refractivity contribution in [2.24, 2.45) is 4.99 Å². The van der Waals surface area contributed by atoms with E-state index in [2.05, 4.69) is 5.32 Å². The largest absolute Gasteiger partial charge is 0.493 e. The maximum absolute atomic E-state index is 12.0. The fraction of sp³-hybridized carbons (Fsp3) is 0.208. The predicted molar refractivity (Wildman–Crippen MR) is 128 cm³/mol. The lowest BCUT2D eigenvalue weighted by molar-refractivity contribution is 0.338. The predicted octanol–water partition coefficient (Wildman–Crippen LogP) is 5.96. The fourth-order valence-corrected chi connectivity index (χ4v) is 4.42. The van der Waals surface area contributed by atoms with Crippen LogP contribution in [-0.4, -0.2) is 22.9 Å². The lowest BCUT2D eigenvalue weighted by Gasteiger charge is -2.20. The zero-order valence-electron chi connectivity index (χ0n) is 17.1. The summed E-state index contributed by atoms with van der Waals surface area (Å²) in [5.41, 5.74) is 2.97. The molecular formula is C24H22Cl2N2O2S. The third-order valence-electron chi connectivity index (χ3n) is 5.16. The van der Waals surface area contributed by atoms with E-state index in [1.54, 1.807) is 6.26 Å². The molecule has 1 aliphatic heterocycles. The van der Waals surface area contributed by atoms with Gasteiger partial charge < -0.3 is 10.1 Å². The van der Waals surface area contributed by atoms with Crippen LogP contribution < -0.4 is 10.1 Å². The number of hydrogen-bond donors (Lipinski definition) is 1. The molecule has 4 rings (SSSR count). The van der Waals surface area contributed by atoms with E-state index in [0.717, 1.165) is 22.5 Å². The number of rotatable bonds is 6. The molecule has 7 heteroatoms. The summed E-state index contributed by atoms with van der Waals surface area (Å²) in [5, 5.41) is 4.94. The molecule has 0 bridgehead atoms. The SMILES string of the molecule is CCOc1cc(S(C)=O)ccc1C1=NC(c2ccc(Cl)cc2)C(c2ccc(Cl)cc2)N1. The molecule has 4 nitrogen and oxygen atoms in total. The minimum Gasteiger partial charge on any atom is -0.493 e. The Morgan fingerprint density at radius 2 is 1.58 bits per heavy atom. The molecule has 0 aromatic heterocycles. The Morgan fingerprint density at radius 3 is 2.16 bits per heavy atom. The van der Waals surface area contributed by atoms with Gasteiger partial charge in [0.25, 0.3) is 0 Å². The summed E-state index contributed by atoms with van der Waals surface area (Å²) in [7, 11) is -1.10. The first-order valence-corrected chi connectivity index (χ1v) is 12.2. The van der Waals surface area contributed by atoms with Crippen molar-refractivity contribution in [1.82, 2.24) is 5.32 Å². The van der Waals surface area contributed by atoms with Gasteiger partial charge in [0, 0.05) is 32.0 Å². The van der Waals surface area contributed by atoms with Crippen molar-refractivity contribution in [2.75, 3.05) is 12.9 Å². The Bertz CT molecular complexity index is 1130. The number of nitrogens with zero attached hydrogens (tertiary/aromatic N) is 1. The smallest absolute Gasteiger partial charge is 0.133 e. The van der Waals surface area contributed by atoms with Crippen molar-refractivity contribution in [3.63, 3.8) is 0 Å². The number of hydrogen-bond acceptors (Lipinski definition) is 4. The highest BCUT2D eigenvalue weighted by Crippen LogP contribution is 2.39. The third kappa shape index (κ3) is 4.79. The Labute approximate surface area is 194 Å². The molecule has 0 radical (unpaired) electrons. The molecule has 0 aliphatic carbocycles. The van der Waals surface area contributed by atoms with Gasteiger partial charge >= 0.3 is 0 Å². The Hall–Kier alpha value is -2.34. The monoisotopic (exact) mass is 472 g/mol. The molecule has 3 atom stereocenters. The van der Waals surface area contributed by atoms with Gasteiger partial charge in [-0.1, -0.05) is 47.5 Å². The van der Waals surface area contributed by atoms with Gasteiger partial charge in [0.15, 0.2) is 0 Å². The normalized spacial score (nSPS) is 18.9. The molecule has 3 unspecified atom stereocenters. The molecule has 0 saturated heterocycles. The molecule has 1 aliphatic rings. The Balaban J connectivity index is 1.78. The zero-order chi connectivity index (χ0) is 22.0. The van der Waals surface area contributed by atoms with E-state index >= 15 is 0 Å². The number of ether oxygens (including phenoxy) is 1. The highest BCUT2D eigenvalue weighted by molar-refractivity contribution is 7.84. The van der Waals surface area contributed by atoms with E-state index in [1.807, 2.05) is 73.7 Å². The van der Waals surface area contributed by atoms with Gasteiger partial charge in [-0.15, -0.1) is 0 Å². The molecule has 0 fully saturated rings. The zero-order valence-corrected chi connectivity index (χ0v) is 19.5. The maximum atomic E-state index is 12.0. The molecule has 0 spiro atoms. The van der Waals surface area contributed by atoms with Crippen molar-refractivity contribution in [3.05, 3.63) is 93.5 Å². The highest BCUT2D eigenvalue weighted by atomic mass is 35.5. The molecule has 0 saturated carbocycles. The average molecular weight is 473 g/mol. The molecule has 3 aromatic rings. The Morgan fingerprint density at radius 1 is 0.968 bits per heavy atom. The number of benzene rings is 3. The van der Waals surface area contributed by atoms with Crippen molar-refractivity contribution < 1.29 is 8.95 Å². The summed E-state index contributed by atoms with van der Waals surface area (Å²) in [6.07, 6.45) is 1.66. The third-order valence-corrected chi connectivity index (χ3v) is 6.58. The van der Waals surface area contributed by atoms with E-state index < -0.39 is 10.8 Å². The first-order chi connectivity index (χ1) is 15.0. The first kappa shape index (κ1) is 21.9. The van der Waals surface area contributed by atoms with E-state index in [-0.39, 0.29) is 12.1 Å². The van der Waals surface area contributed by atoms with Gasteiger partial charge in [-0.2, -0.15) is 0 Å². The second-order valence-corrected chi connectivity index (χ2v) is 9.45. The van der Waals surface area contributed by atoms with Crippen LogP contribution in [0.25, 0.3) is 0 Å². The van der Waals surface area contributed by atoms with E-state index in [4.69, 9.17) is 32.9 Å². The standard InChI is InChI=1S/C24H22Cl2N2O2S/c1-3-30-21-14-19(31(2)29)12-13-20(21)24-27-22(15-4-8-17(25)9-5-15)23(28-24)16-6-10-18(26)11-7-16/h4-14,22-23H,3H2,1-2H3,(H,27,28). The van der Waals surface area contributed by atoms with Crippen LogP contribution in [0.5, 0.6) is 5.75 Å². The van der Waals surface area contributed by atoms with Crippen LogP contribution in [0, 0.1) is 0 Å². The number of aliphatic imine (C=N–C) groups is 1. The molecule has 31 heavy (non-hydrogen) atoms. The van der Waals surface area contributed by atoms with Crippen LogP contribution in [0.2, 0.25) is 10.0 Å². The molecule has 1 heterocycles. The maximum Gasteiger partial charge on any atom is 0.133 e. The molecular weight excluding hydrogens is 451 g/mol. The first-order valence-electron chi connectivity index (χ1n) is 9.92. The van der Waals surface area contributed by atoms with E-state index in [0.29, 0.717) is 27.3 Å². The number of halogens is 2. The quantitative estimate of drug-likeness (QED) is 0.481. The van der Waals surface area contributed by atoms with Crippen LogP contribution >= 0.6 is 23.2 Å². The second-order valence-electron chi connectivity index (χ2n) is 7.19. The minimum absolute atomic E-state index is 0.0806. The van der Waals surface area contributed by atoms with Gasteiger partial charge in [-0.25, -0.2) is 0 Å². The van der Waals surface area contributed by atoms with Crippen LogP contribution in [0.4, 0.5) is 0 Å². The van der Waals surface area contributed by atoms with Crippen LogP contribution in [0.1, 0.15) is 35.7 Å². The van der Waals surface area contributed by atoms with Crippen LogP contribution in [0.3, 0.4) is 0 Å². The van der Waals surface area contributed by atoms with Crippen molar-refractivity contribution >= 4 is 39.8 Å². The average Bonchev–Trinajstić information content (AvgIpc) is 3.20. The fourth-order valence-electron chi connectivity index (χ4n) is 3.64. The van der Waals surface area contributed by atoms with E-state index in [1.165, 1.54) is 0 Å². The molecule has 3 aromatic carbocycles. The molecule has 0 amide bonds. The molecule has 160 valence electrons. The van der Waals surface area contributed by atoms with Gasteiger partial charge in [-0.3, -0.25) is 9.20 Å². The summed E-state index contributed by atoms with van der Waals surface area (Å²) in [4.78, 5) is 5.75. The lowest BCUT2D eigenvalue weighted by Crippen LogP contribution is -2.25. The number of amidine groups is 1. The van der Waals surface area contributed by atoms with Crippen molar-refractivity contribution in [2.45, 2.75) is 23.9 Å². The van der Waals surface area contributed by atoms with Gasteiger partial charge in [-0.05, 0) is 60.5 Å². The lowest BCUT2D eigenvalue weighted by atomic mass is 9.95. The second kappa shape index (κ2) is 9.43. The van der Waals surface area contributed by atoms with E-state index in [9.17, 15) is 4.21 Å². The van der Waals surface area contributed by atoms with Crippen LogP contribution in [0.15, 0.2) is 76.6 Å². The molecule has 1 N–H and O–H groups in total. The topological polar surface area (TPSA) is 50.7 Å². The van der Waals surface area contributed by atoms with Gasteiger partial charge in [0.1, 0.15) is 17.6 Å². The summed E-state index contributed by atoms with van der Waals surface area (Å²) < 4.78 is 17.8. The van der Waals surface area contributed by atoms with Crippen LogP contribution in [-0.2, 0) is 10.8 Å². The summed E-state index contributed by atoms with van der Waals surface area (Å²) in [5.74, 6) is 1.39.